The van der Waals surface area contributed by atoms with Crippen molar-refractivity contribution >= 4 is 56.9 Å². The van der Waals surface area contributed by atoms with Crippen LogP contribution in [0.3, 0.4) is 0 Å². The van der Waals surface area contributed by atoms with Crippen molar-refractivity contribution in [3.05, 3.63) is 0 Å². The van der Waals surface area contributed by atoms with Gasteiger partial charge in [-0.1, -0.05) is 35.7 Å². The summed E-state index contributed by atoms with van der Waals surface area (Å²) in [5, 5.41) is 13.0. The van der Waals surface area contributed by atoms with Crippen LogP contribution in [-0.2, 0) is 4.79 Å². The molecule has 0 aromatic rings. The Labute approximate surface area is 108 Å². The molecule has 2 N–H and O–H groups in total. The largest absolute Gasteiger partial charge is 0.392 e. The number of nitrogens with one attached hydrogen (secondary N) is 1. The van der Waals surface area contributed by atoms with Crippen LogP contribution in [0.15, 0.2) is 0 Å². The molecule has 0 saturated carbocycles. The Morgan fingerprint density at radius 2 is 2.40 bits per heavy atom. The number of thioether (sulfide) groups is 3. The molecule has 1 heterocycles. The maximum atomic E-state index is 11.1. The number of rotatable bonds is 4. The minimum absolute atomic E-state index is 0.0562. The van der Waals surface area contributed by atoms with Crippen molar-refractivity contribution in [2.45, 2.75) is 18.4 Å². The second-order valence-corrected chi connectivity index (χ2v) is 7.67. The van der Waals surface area contributed by atoms with Crippen LogP contribution >= 0.6 is 47.5 Å². The molecule has 0 aliphatic carbocycles. The van der Waals surface area contributed by atoms with Gasteiger partial charge in [0.1, 0.15) is 3.53 Å². The summed E-state index contributed by atoms with van der Waals surface area (Å²) in [5.41, 5.74) is 0. The zero-order valence-electron chi connectivity index (χ0n) is 8.43. The first-order valence-electron chi connectivity index (χ1n) is 4.37. The third kappa shape index (κ3) is 3.81. The standard InChI is InChI=1S/C8H13NO2S4/c1-4(10)5-6(11)9-7(5)15-8(12)14-3-13-2/h4-5,7,10H,3H2,1-2H3,(H,9,11)/t4-,5?,7?/m1/s1. The van der Waals surface area contributed by atoms with Crippen LogP contribution in [0.5, 0.6) is 0 Å². The van der Waals surface area contributed by atoms with Crippen LogP contribution in [0, 0.1) is 5.92 Å². The first-order chi connectivity index (χ1) is 7.06. The molecule has 0 aromatic carbocycles. The first kappa shape index (κ1) is 13.6. The van der Waals surface area contributed by atoms with Crippen LogP contribution in [-0.4, -0.2) is 37.4 Å². The highest BCUT2D eigenvalue weighted by molar-refractivity contribution is 8.49. The Morgan fingerprint density at radius 1 is 1.73 bits per heavy atom. The third-order valence-corrected chi connectivity index (χ3v) is 5.74. The Hall–Kier alpha value is 0.570. The number of aliphatic hydroxyl groups excluding tert-OH is 1. The Morgan fingerprint density at radius 3 is 2.87 bits per heavy atom. The van der Waals surface area contributed by atoms with E-state index in [0.717, 1.165) is 8.61 Å². The van der Waals surface area contributed by atoms with Gasteiger partial charge in [-0.2, -0.15) is 11.8 Å². The molecule has 2 unspecified atom stereocenters. The predicted molar refractivity (Wildman–Crippen MR) is 73.3 cm³/mol. The molecule has 0 aromatic heterocycles. The van der Waals surface area contributed by atoms with Crippen molar-refractivity contribution in [1.29, 1.82) is 0 Å². The zero-order valence-corrected chi connectivity index (χ0v) is 11.7. The number of thiocarbonyl (C=S) groups is 1. The van der Waals surface area contributed by atoms with Crippen LogP contribution in [0.1, 0.15) is 6.92 Å². The maximum absolute atomic E-state index is 11.1. The van der Waals surface area contributed by atoms with E-state index in [2.05, 4.69) is 5.32 Å². The summed E-state index contributed by atoms with van der Waals surface area (Å²) >= 11 is 9.92. The first-order valence-corrected chi connectivity index (χ1v) is 8.03. The number of carbonyl (C=O) groups excluding carboxylic acids is 1. The van der Waals surface area contributed by atoms with Gasteiger partial charge in [-0.3, -0.25) is 4.79 Å². The van der Waals surface area contributed by atoms with Crippen LogP contribution in [0.2, 0.25) is 0 Å². The number of aliphatic hydroxyl groups is 1. The summed E-state index contributed by atoms with van der Waals surface area (Å²) in [7, 11) is 0. The number of β-lactam (4-membered cyclic amide) rings is 1. The SMILES string of the molecule is CSCSC(=S)SC1NC(=O)C1[C@@H](C)O. The van der Waals surface area contributed by atoms with Crippen molar-refractivity contribution < 1.29 is 9.90 Å². The number of carbonyl (C=O) groups is 1. The van der Waals surface area contributed by atoms with Gasteiger partial charge in [0.05, 0.1) is 17.4 Å². The molecule has 1 amide bonds. The monoisotopic (exact) mass is 283 g/mol. The average Bonchev–Trinajstić information content (AvgIpc) is 2.12. The van der Waals surface area contributed by atoms with Crippen molar-refractivity contribution in [1.82, 2.24) is 5.32 Å². The molecule has 86 valence electrons. The highest BCUT2D eigenvalue weighted by Gasteiger charge is 2.43. The lowest BCUT2D eigenvalue weighted by molar-refractivity contribution is -0.136. The average molecular weight is 283 g/mol. The molecule has 1 saturated heterocycles. The topological polar surface area (TPSA) is 49.3 Å². The number of amides is 1. The zero-order chi connectivity index (χ0) is 11.4. The lowest BCUT2D eigenvalue weighted by Crippen LogP contribution is -2.60. The summed E-state index contributed by atoms with van der Waals surface area (Å²) < 4.78 is 0.819. The molecule has 1 fully saturated rings. The molecular formula is C8H13NO2S4. The molecule has 3 atom stereocenters. The van der Waals surface area contributed by atoms with Crippen molar-refractivity contribution in [3.8, 4) is 0 Å². The Bertz CT molecular complexity index is 259. The molecule has 1 rings (SSSR count). The van der Waals surface area contributed by atoms with E-state index in [1.54, 1.807) is 30.4 Å². The van der Waals surface area contributed by atoms with Crippen LogP contribution < -0.4 is 5.32 Å². The fourth-order valence-corrected chi connectivity index (χ4v) is 4.68. The van der Waals surface area contributed by atoms with E-state index in [1.165, 1.54) is 11.8 Å². The van der Waals surface area contributed by atoms with Crippen molar-refractivity contribution in [2.24, 2.45) is 5.92 Å². The van der Waals surface area contributed by atoms with Gasteiger partial charge in [0, 0.05) is 5.08 Å². The Balaban J connectivity index is 2.33. The molecule has 15 heavy (non-hydrogen) atoms. The van der Waals surface area contributed by atoms with Crippen molar-refractivity contribution in [3.63, 3.8) is 0 Å². The van der Waals surface area contributed by atoms with Crippen molar-refractivity contribution in [2.75, 3.05) is 11.3 Å². The minimum Gasteiger partial charge on any atom is -0.392 e. The van der Waals surface area contributed by atoms with E-state index in [-0.39, 0.29) is 17.2 Å². The lowest BCUT2D eigenvalue weighted by Gasteiger charge is -2.37. The second-order valence-electron chi connectivity index (χ2n) is 3.11. The van der Waals surface area contributed by atoms with Gasteiger partial charge in [-0.05, 0) is 13.2 Å². The van der Waals surface area contributed by atoms with E-state index < -0.39 is 6.10 Å². The van der Waals surface area contributed by atoms with Gasteiger partial charge >= 0.3 is 0 Å². The molecular weight excluding hydrogens is 270 g/mol. The summed E-state index contributed by atoms with van der Waals surface area (Å²) in [6, 6.07) is 0. The number of hydrogen-bond acceptors (Lipinski definition) is 6. The van der Waals surface area contributed by atoms with E-state index in [1.807, 2.05) is 6.26 Å². The van der Waals surface area contributed by atoms with Gasteiger partial charge in [0.25, 0.3) is 0 Å². The molecule has 0 spiro atoms. The fraction of sp³-hybridized carbons (Fsp3) is 0.750. The summed E-state index contributed by atoms with van der Waals surface area (Å²) in [4.78, 5) is 11.1. The van der Waals surface area contributed by atoms with E-state index in [0.29, 0.717) is 0 Å². The molecule has 1 aliphatic heterocycles. The summed E-state index contributed by atoms with van der Waals surface area (Å²) in [5.74, 6) is -0.400. The predicted octanol–water partition coefficient (Wildman–Crippen LogP) is 1.51. The molecule has 0 radical (unpaired) electrons. The molecule has 3 nitrogen and oxygen atoms in total. The van der Waals surface area contributed by atoms with Gasteiger partial charge in [-0.15, -0.1) is 0 Å². The fourth-order valence-electron chi connectivity index (χ4n) is 1.19. The quantitative estimate of drug-likeness (QED) is 0.463. The lowest BCUT2D eigenvalue weighted by atomic mass is 9.96. The van der Waals surface area contributed by atoms with E-state index in [9.17, 15) is 9.90 Å². The minimum atomic E-state index is -0.607. The molecule has 7 heteroatoms. The normalized spacial score (nSPS) is 26.7. The highest BCUT2D eigenvalue weighted by atomic mass is 32.3. The third-order valence-electron chi connectivity index (χ3n) is 1.95. The molecule has 1 aliphatic rings. The van der Waals surface area contributed by atoms with Gasteiger partial charge in [0.2, 0.25) is 5.91 Å². The Kier molecular flexibility index (Phi) is 5.76. The smallest absolute Gasteiger partial charge is 0.229 e. The summed E-state index contributed by atoms with van der Waals surface area (Å²) in [6.45, 7) is 1.63. The number of hydrogen-bond donors (Lipinski definition) is 2. The second kappa shape index (κ2) is 6.34. The highest BCUT2D eigenvalue weighted by Crippen LogP contribution is 2.33. The van der Waals surface area contributed by atoms with E-state index in [4.69, 9.17) is 12.2 Å². The van der Waals surface area contributed by atoms with Gasteiger partial charge in [-0.25, -0.2) is 0 Å². The van der Waals surface area contributed by atoms with Crippen LogP contribution in [0.4, 0.5) is 0 Å². The summed E-state index contributed by atoms with van der Waals surface area (Å²) in [6.07, 6.45) is 1.41. The van der Waals surface area contributed by atoms with Gasteiger partial charge < -0.3 is 10.4 Å². The van der Waals surface area contributed by atoms with E-state index >= 15 is 0 Å². The molecule has 0 bridgehead atoms. The maximum Gasteiger partial charge on any atom is 0.229 e. The van der Waals surface area contributed by atoms with Crippen LogP contribution in [0.25, 0.3) is 0 Å². The van der Waals surface area contributed by atoms with Gasteiger partial charge in [0.15, 0.2) is 0 Å².